The van der Waals surface area contributed by atoms with Crippen molar-refractivity contribution in [1.29, 1.82) is 0 Å². The zero-order valence-corrected chi connectivity index (χ0v) is 9.33. The Balaban J connectivity index is 2.20. The SMILES string of the molecule is Cc1cccc(C(=O)N2CC(C)(O)C2)c1F. The number of nitrogens with zero attached hydrogens (tertiary/aromatic N) is 1. The van der Waals surface area contributed by atoms with Crippen molar-refractivity contribution in [1.82, 2.24) is 4.90 Å². The van der Waals surface area contributed by atoms with Gasteiger partial charge in [0.15, 0.2) is 0 Å². The molecule has 1 fully saturated rings. The molecule has 0 aromatic heterocycles. The van der Waals surface area contributed by atoms with Gasteiger partial charge in [-0.1, -0.05) is 12.1 Å². The molecule has 0 saturated carbocycles. The van der Waals surface area contributed by atoms with Gasteiger partial charge in [0, 0.05) is 0 Å². The van der Waals surface area contributed by atoms with Crippen LogP contribution in [-0.2, 0) is 0 Å². The molecular weight excluding hydrogens is 209 g/mol. The van der Waals surface area contributed by atoms with Crippen LogP contribution in [0.1, 0.15) is 22.8 Å². The zero-order chi connectivity index (χ0) is 11.9. The lowest BCUT2D eigenvalue weighted by molar-refractivity contribution is -0.0670. The van der Waals surface area contributed by atoms with Crippen LogP contribution >= 0.6 is 0 Å². The van der Waals surface area contributed by atoms with Crippen molar-refractivity contribution in [2.45, 2.75) is 19.4 Å². The molecule has 0 radical (unpaired) electrons. The molecule has 0 bridgehead atoms. The monoisotopic (exact) mass is 223 g/mol. The van der Waals surface area contributed by atoms with Crippen molar-refractivity contribution in [2.75, 3.05) is 13.1 Å². The van der Waals surface area contributed by atoms with Gasteiger partial charge in [0.25, 0.3) is 5.91 Å². The average molecular weight is 223 g/mol. The first kappa shape index (κ1) is 11.1. The maximum absolute atomic E-state index is 13.7. The fourth-order valence-corrected chi connectivity index (χ4v) is 1.90. The summed E-state index contributed by atoms with van der Waals surface area (Å²) >= 11 is 0. The molecule has 0 unspecified atom stereocenters. The van der Waals surface area contributed by atoms with E-state index in [1.807, 2.05) is 0 Å². The molecule has 0 atom stereocenters. The predicted octanol–water partition coefficient (Wildman–Crippen LogP) is 1.34. The highest BCUT2D eigenvalue weighted by molar-refractivity contribution is 5.95. The lowest BCUT2D eigenvalue weighted by Crippen LogP contribution is -2.61. The van der Waals surface area contributed by atoms with Crippen LogP contribution in [0, 0.1) is 12.7 Å². The third-order valence-electron chi connectivity index (χ3n) is 2.77. The summed E-state index contributed by atoms with van der Waals surface area (Å²) in [5.74, 6) is -0.827. The Morgan fingerprint density at radius 1 is 1.50 bits per heavy atom. The number of halogens is 1. The minimum absolute atomic E-state index is 0.0792. The Hall–Kier alpha value is -1.42. The van der Waals surface area contributed by atoms with E-state index in [1.54, 1.807) is 26.0 Å². The zero-order valence-electron chi connectivity index (χ0n) is 9.33. The largest absolute Gasteiger partial charge is 0.386 e. The third-order valence-corrected chi connectivity index (χ3v) is 2.77. The summed E-state index contributed by atoms with van der Waals surface area (Å²) in [6.07, 6.45) is 0. The molecule has 1 aliphatic rings. The van der Waals surface area contributed by atoms with Crippen molar-refractivity contribution in [3.8, 4) is 0 Å². The summed E-state index contributed by atoms with van der Waals surface area (Å²) < 4.78 is 13.7. The van der Waals surface area contributed by atoms with Gasteiger partial charge >= 0.3 is 0 Å². The van der Waals surface area contributed by atoms with Crippen LogP contribution < -0.4 is 0 Å². The van der Waals surface area contributed by atoms with Gasteiger partial charge in [-0.25, -0.2) is 4.39 Å². The topological polar surface area (TPSA) is 40.5 Å². The molecule has 4 heteroatoms. The van der Waals surface area contributed by atoms with Crippen LogP contribution in [0.3, 0.4) is 0 Å². The van der Waals surface area contributed by atoms with Gasteiger partial charge in [-0.3, -0.25) is 4.79 Å². The highest BCUT2D eigenvalue weighted by atomic mass is 19.1. The van der Waals surface area contributed by atoms with Crippen LogP contribution in [0.5, 0.6) is 0 Å². The van der Waals surface area contributed by atoms with E-state index in [1.165, 1.54) is 11.0 Å². The summed E-state index contributed by atoms with van der Waals surface area (Å²) in [6.45, 7) is 3.81. The van der Waals surface area contributed by atoms with Gasteiger partial charge < -0.3 is 10.0 Å². The van der Waals surface area contributed by atoms with Crippen molar-refractivity contribution >= 4 is 5.91 Å². The van der Waals surface area contributed by atoms with Crippen LogP contribution in [0.4, 0.5) is 4.39 Å². The minimum atomic E-state index is -0.823. The maximum atomic E-state index is 13.7. The van der Waals surface area contributed by atoms with Crippen molar-refractivity contribution < 1.29 is 14.3 Å². The van der Waals surface area contributed by atoms with E-state index >= 15 is 0 Å². The fourth-order valence-electron chi connectivity index (χ4n) is 1.90. The fraction of sp³-hybridized carbons (Fsp3) is 0.417. The van der Waals surface area contributed by atoms with E-state index in [-0.39, 0.29) is 24.6 Å². The Bertz CT molecular complexity index is 435. The minimum Gasteiger partial charge on any atom is -0.386 e. The Labute approximate surface area is 93.5 Å². The lowest BCUT2D eigenvalue weighted by Gasteiger charge is -2.44. The predicted molar refractivity (Wildman–Crippen MR) is 57.7 cm³/mol. The molecule has 1 N–H and O–H groups in total. The number of aryl methyl sites for hydroxylation is 1. The van der Waals surface area contributed by atoms with Gasteiger partial charge in [-0.05, 0) is 25.5 Å². The second-order valence-corrected chi connectivity index (χ2v) is 4.59. The molecule has 1 saturated heterocycles. The van der Waals surface area contributed by atoms with E-state index in [9.17, 15) is 14.3 Å². The van der Waals surface area contributed by atoms with E-state index < -0.39 is 11.4 Å². The first-order valence-electron chi connectivity index (χ1n) is 5.17. The summed E-state index contributed by atoms with van der Waals surface area (Å²) in [5.41, 5.74) is -0.288. The third kappa shape index (κ3) is 1.80. The smallest absolute Gasteiger partial charge is 0.257 e. The molecule has 0 aliphatic carbocycles. The molecule has 86 valence electrons. The van der Waals surface area contributed by atoms with Crippen molar-refractivity contribution in [3.05, 3.63) is 35.1 Å². The van der Waals surface area contributed by atoms with Gasteiger partial charge in [0.2, 0.25) is 0 Å². The second-order valence-electron chi connectivity index (χ2n) is 4.59. The first-order valence-corrected chi connectivity index (χ1v) is 5.17. The summed E-state index contributed by atoms with van der Waals surface area (Å²) in [5, 5.41) is 9.52. The summed E-state index contributed by atoms with van der Waals surface area (Å²) in [7, 11) is 0. The van der Waals surface area contributed by atoms with E-state index in [0.29, 0.717) is 5.56 Å². The molecule has 1 aromatic carbocycles. The maximum Gasteiger partial charge on any atom is 0.257 e. The number of aliphatic hydroxyl groups is 1. The standard InChI is InChI=1S/C12H14FNO2/c1-8-4-3-5-9(10(8)13)11(15)14-6-12(2,16)7-14/h3-5,16H,6-7H2,1-2H3. The highest BCUT2D eigenvalue weighted by Crippen LogP contribution is 2.23. The molecule has 1 aliphatic heterocycles. The molecular formula is C12H14FNO2. The average Bonchev–Trinajstić information content (AvgIpc) is 2.17. The Morgan fingerprint density at radius 3 is 2.69 bits per heavy atom. The van der Waals surface area contributed by atoms with E-state index in [2.05, 4.69) is 0 Å². The first-order chi connectivity index (χ1) is 7.41. The number of carbonyl (C=O) groups is 1. The number of β-amino-alcohol motifs (C(OH)–C–C–N with tert-alkyl or cyclic N) is 1. The van der Waals surface area contributed by atoms with E-state index in [0.717, 1.165) is 0 Å². The van der Waals surface area contributed by atoms with Crippen LogP contribution in [-0.4, -0.2) is 34.6 Å². The quantitative estimate of drug-likeness (QED) is 0.780. The highest BCUT2D eigenvalue weighted by Gasteiger charge is 2.40. The summed E-state index contributed by atoms with van der Waals surface area (Å²) in [4.78, 5) is 13.3. The van der Waals surface area contributed by atoms with Gasteiger partial charge in [-0.15, -0.1) is 0 Å². The number of rotatable bonds is 1. The molecule has 0 spiro atoms. The Kier molecular flexibility index (Phi) is 2.46. The van der Waals surface area contributed by atoms with E-state index in [4.69, 9.17) is 0 Å². The normalized spacial score (nSPS) is 18.1. The number of hydrogen-bond acceptors (Lipinski definition) is 2. The molecule has 16 heavy (non-hydrogen) atoms. The number of amides is 1. The van der Waals surface area contributed by atoms with Crippen LogP contribution in [0.2, 0.25) is 0 Å². The van der Waals surface area contributed by atoms with Crippen molar-refractivity contribution in [3.63, 3.8) is 0 Å². The lowest BCUT2D eigenvalue weighted by atomic mass is 9.95. The molecule has 1 heterocycles. The van der Waals surface area contributed by atoms with Gasteiger partial charge in [0.05, 0.1) is 24.3 Å². The van der Waals surface area contributed by atoms with Crippen LogP contribution in [0.15, 0.2) is 18.2 Å². The second kappa shape index (κ2) is 3.56. The number of benzene rings is 1. The van der Waals surface area contributed by atoms with Crippen LogP contribution in [0.25, 0.3) is 0 Å². The molecule has 3 nitrogen and oxygen atoms in total. The number of likely N-dealkylation sites (tertiary alicyclic amines) is 1. The molecule has 1 aromatic rings. The Morgan fingerprint density at radius 2 is 2.12 bits per heavy atom. The summed E-state index contributed by atoms with van der Waals surface area (Å²) in [6, 6.07) is 4.75. The van der Waals surface area contributed by atoms with Crippen molar-refractivity contribution in [2.24, 2.45) is 0 Å². The van der Waals surface area contributed by atoms with Gasteiger partial charge in [0.1, 0.15) is 5.82 Å². The molecule has 1 amide bonds. The molecule has 2 rings (SSSR count). The number of hydrogen-bond donors (Lipinski definition) is 1. The number of carbonyl (C=O) groups excluding carboxylic acids is 1. The van der Waals surface area contributed by atoms with Gasteiger partial charge in [-0.2, -0.15) is 0 Å².